The minimum absolute atomic E-state index is 0.0447. The number of fused-ring (bicyclic) bond motifs is 1. The quantitative estimate of drug-likeness (QED) is 0.411. The Labute approximate surface area is 212 Å². The zero-order valence-electron chi connectivity index (χ0n) is 20.5. The lowest BCUT2D eigenvalue weighted by Crippen LogP contribution is -2.49. The molecule has 37 heavy (non-hydrogen) atoms. The van der Waals surface area contributed by atoms with Crippen molar-refractivity contribution in [3.8, 4) is 5.75 Å². The third kappa shape index (κ3) is 5.46. The highest BCUT2D eigenvalue weighted by atomic mass is 19.1. The monoisotopic (exact) mass is 513 g/mol. The van der Waals surface area contributed by atoms with Crippen molar-refractivity contribution in [2.75, 3.05) is 12.4 Å². The van der Waals surface area contributed by atoms with Crippen LogP contribution in [0.1, 0.15) is 47.3 Å². The first kappa shape index (κ1) is 26.2. The third-order valence-electron chi connectivity index (χ3n) is 6.48. The number of anilines is 1. The maximum absolute atomic E-state index is 14.6. The number of cyclic esters (lactones) is 1. The van der Waals surface area contributed by atoms with Crippen molar-refractivity contribution in [1.82, 2.24) is 0 Å². The largest absolute Gasteiger partial charge is 0.496 e. The molecule has 1 aliphatic heterocycles. The second-order valence-electron chi connectivity index (χ2n) is 9.75. The van der Waals surface area contributed by atoms with Gasteiger partial charge < -0.3 is 19.9 Å². The van der Waals surface area contributed by atoms with Gasteiger partial charge in [0.1, 0.15) is 35.4 Å². The minimum Gasteiger partial charge on any atom is -0.496 e. The van der Waals surface area contributed by atoms with Crippen LogP contribution in [-0.2, 0) is 28.0 Å². The van der Waals surface area contributed by atoms with Gasteiger partial charge in [-0.1, -0.05) is 13.8 Å². The number of esters is 1. The molecule has 1 aliphatic rings. The molecular weight excluding hydrogens is 487 g/mol. The molecule has 1 unspecified atom stereocenters. The second-order valence-corrected chi connectivity index (χ2v) is 9.75. The van der Waals surface area contributed by atoms with Crippen LogP contribution in [0, 0.1) is 17.5 Å². The number of hydrogen-bond donors (Lipinski definition) is 2. The summed E-state index contributed by atoms with van der Waals surface area (Å²) in [4.78, 5) is 25.3. The van der Waals surface area contributed by atoms with Crippen molar-refractivity contribution in [2.24, 2.45) is 0 Å². The average Bonchev–Trinajstić information content (AvgIpc) is 3.21. The van der Waals surface area contributed by atoms with Crippen LogP contribution in [0.25, 0.3) is 0 Å². The Bertz CT molecular complexity index is 1370. The molecule has 0 fully saturated rings. The van der Waals surface area contributed by atoms with Crippen molar-refractivity contribution >= 4 is 17.6 Å². The van der Waals surface area contributed by atoms with Gasteiger partial charge in [-0.2, -0.15) is 0 Å². The zero-order valence-corrected chi connectivity index (χ0v) is 20.5. The predicted octanol–water partition coefficient (Wildman–Crippen LogP) is 5.06. The molecule has 9 heteroatoms. The number of methoxy groups -OCH3 is 1. The molecule has 4 rings (SSSR count). The summed E-state index contributed by atoms with van der Waals surface area (Å²) in [6, 6.07) is 11.2. The van der Waals surface area contributed by atoms with E-state index in [0.717, 1.165) is 18.2 Å². The van der Waals surface area contributed by atoms with E-state index in [1.54, 1.807) is 19.9 Å². The maximum Gasteiger partial charge on any atom is 0.338 e. The Morgan fingerprint density at radius 3 is 2.49 bits per heavy atom. The van der Waals surface area contributed by atoms with Crippen LogP contribution in [0.3, 0.4) is 0 Å². The van der Waals surface area contributed by atoms with Gasteiger partial charge >= 0.3 is 5.97 Å². The molecule has 0 aromatic heterocycles. The molecule has 0 saturated carbocycles. The van der Waals surface area contributed by atoms with Crippen LogP contribution in [-0.4, -0.2) is 29.7 Å². The lowest BCUT2D eigenvalue weighted by atomic mass is 9.72. The van der Waals surface area contributed by atoms with Crippen molar-refractivity contribution in [3.05, 3.63) is 94.3 Å². The van der Waals surface area contributed by atoms with Crippen LogP contribution >= 0.6 is 0 Å². The highest BCUT2D eigenvalue weighted by Gasteiger charge is 2.43. The van der Waals surface area contributed by atoms with E-state index in [1.807, 2.05) is 0 Å². The molecule has 194 valence electrons. The van der Waals surface area contributed by atoms with E-state index >= 15 is 0 Å². The molecular formula is C28H26F3NO5. The maximum atomic E-state index is 14.6. The standard InChI is InChI=1S/C28H26F3NO5/c1-27(2,22-12-19(30)5-9-24(22)36-3)15-28(35,13-16-10-18(29)4-8-23(16)31)26(34)32-20-6-7-21-17(11-20)14-37-25(21)33/h4-12,35H,13-15H2,1-3H3,(H,32,34). The van der Waals surface area contributed by atoms with Gasteiger partial charge in [-0.15, -0.1) is 0 Å². The summed E-state index contributed by atoms with van der Waals surface area (Å²) >= 11 is 0. The fourth-order valence-corrected chi connectivity index (χ4v) is 4.71. The van der Waals surface area contributed by atoms with E-state index in [0.29, 0.717) is 22.4 Å². The van der Waals surface area contributed by atoms with E-state index in [-0.39, 0.29) is 24.3 Å². The first-order chi connectivity index (χ1) is 17.4. The Morgan fingerprint density at radius 2 is 1.76 bits per heavy atom. The first-order valence-corrected chi connectivity index (χ1v) is 11.5. The number of amides is 1. The highest BCUT2D eigenvalue weighted by Crippen LogP contribution is 2.40. The van der Waals surface area contributed by atoms with E-state index in [9.17, 15) is 27.9 Å². The SMILES string of the molecule is COc1ccc(F)cc1C(C)(C)CC(O)(Cc1cc(F)ccc1F)C(=O)Nc1ccc2c(c1)COC2=O. The number of carbonyl (C=O) groups is 2. The summed E-state index contributed by atoms with van der Waals surface area (Å²) in [7, 11) is 1.41. The number of rotatable bonds is 8. The van der Waals surface area contributed by atoms with Crippen molar-refractivity contribution in [2.45, 2.75) is 44.3 Å². The fraction of sp³-hybridized carbons (Fsp3) is 0.286. The van der Waals surface area contributed by atoms with Crippen molar-refractivity contribution < 1.29 is 37.3 Å². The molecule has 6 nitrogen and oxygen atoms in total. The molecule has 0 radical (unpaired) electrons. The molecule has 2 N–H and O–H groups in total. The van der Waals surface area contributed by atoms with Gasteiger partial charge in [0.25, 0.3) is 5.91 Å². The molecule has 3 aromatic carbocycles. The minimum atomic E-state index is -2.26. The van der Waals surface area contributed by atoms with Gasteiger partial charge in [0, 0.05) is 23.2 Å². The number of nitrogens with one attached hydrogen (secondary N) is 1. The number of carbonyl (C=O) groups excluding carboxylic acids is 2. The summed E-state index contributed by atoms with van der Waals surface area (Å²) in [5.41, 5.74) is -1.92. The third-order valence-corrected chi connectivity index (χ3v) is 6.48. The normalized spacial score (nSPS) is 14.5. The van der Waals surface area contributed by atoms with Crippen molar-refractivity contribution in [1.29, 1.82) is 0 Å². The van der Waals surface area contributed by atoms with E-state index in [1.165, 1.54) is 37.4 Å². The Kier molecular flexibility index (Phi) is 7.01. The average molecular weight is 514 g/mol. The first-order valence-electron chi connectivity index (χ1n) is 11.5. The smallest absolute Gasteiger partial charge is 0.338 e. The van der Waals surface area contributed by atoms with Gasteiger partial charge in [-0.05, 0) is 72.0 Å². The number of aliphatic hydroxyl groups is 1. The Hall–Kier alpha value is -3.85. The van der Waals surface area contributed by atoms with E-state index in [2.05, 4.69) is 5.32 Å². The number of halogens is 3. The fourth-order valence-electron chi connectivity index (χ4n) is 4.71. The van der Waals surface area contributed by atoms with Crippen molar-refractivity contribution in [3.63, 3.8) is 0 Å². The Balaban J connectivity index is 1.71. The number of ether oxygens (including phenoxy) is 2. The lowest BCUT2D eigenvalue weighted by molar-refractivity contribution is -0.136. The number of benzene rings is 3. The molecule has 1 amide bonds. The topological polar surface area (TPSA) is 84.9 Å². The van der Waals surface area contributed by atoms with Crippen LogP contribution in [0.4, 0.5) is 18.9 Å². The van der Waals surface area contributed by atoms with Gasteiger partial charge in [0.15, 0.2) is 0 Å². The van der Waals surface area contributed by atoms with E-state index < -0.39 is 46.8 Å². The summed E-state index contributed by atoms with van der Waals surface area (Å²) in [5, 5.41) is 14.4. The summed E-state index contributed by atoms with van der Waals surface area (Å²) in [6.45, 7) is 3.41. The zero-order chi connectivity index (χ0) is 27.0. The summed E-state index contributed by atoms with van der Waals surface area (Å²) in [6.07, 6.45) is -0.857. The van der Waals surface area contributed by atoms with Crippen LogP contribution < -0.4 is 10.1 Å². The molecule has 3 aromatic rings. The predicted molar refractivity (Wildman–Crippen MR) is 130 cm³/mol. The van der Waals surface area contributed by atoms with Gasteiger partial charge in [0.05, 0.1) is 12.7 Å². The van der Waals surface area contributed by atoms with Crippen LogP contribution in [0.5, 0.6) is 5.75 Å². The molecule has 1 heterocycles. The molecule has 0 spiro atoms. The molecule has 0 aliphatic carbocycles. The Morgan fingerprint density at radius 1 is 1.05 bits per heavy atom. The molecule has 0 saturated heterocycles. The highest BCUT2D eigenvalue weighted by molar-refractivity contribution is 5.99. The summed E-state index contributed by atoms with van der Waals surface area (Å²) < 4.78 is 53.0. The van der Waals surface area contributed by atoms with E-state index in [4.69, 9.17) is 9.47 Å². The van der Waals surface area contributed by atoms with Gasteiger partial charge in [-0.25, -0.2) is 18.0 Å². The second kappa shape index (κ2) is 9.89. The lowest BCUT2D eigenvalue weighted by Gasteiger charge is -2.36. The molecule has 0 bridgehead atoms. The molecule has 1 atom stereocenters. The summed E-state index contributed by atoms with van der Waals surface area (Å²) in [5.74, 6) is -3.07. The number of hydrogen-bond acceptors (Lipinski definition) is 5. The van der Waals surface area contributed by atoms with Crippen LogP contribution in [0.2, 0.25) is 0 Å². The van der Waals surface area contributed by atoms with Gasteiger partial charge in [0.2, 0.25) is 0 Å². The van der Waals surface area contributed by atoms with Gasteiger partial charge in [-0.3, -0.25) is 4.79 Å². The van der Waals surface area contributed by atoms with Crippen LogP contribution in [0.15, 0.2) is 54.6 Å².